The quantitative estimate of drug-likeness (QED) is 0.213. The van der Waals surface area contributed by atoms with Crippen LogP contribution < -0.4 is 0 Å². The Balaban J connectivity index is 1.35. The van der Waals surface area contributed by atoms with Gasteiger partial charge in [0, 0.05) is 54.5 Å². The molecule has 0 saturated heterocycles. The second-order valence-corrected chi connectivity index (χ2v) is 10.5. The van der Waals surface area contributed by atoms with Gasteiger partial charge in [-0.05, 0) is 42.8 Å². The summed E-state index contributed by atoms with van der Waals surface area (Å²) in [6.45, 7) is 2.74. The van der Waals surface area contributed by atoms with Crippen molar-refractivity contribution in [1.29, 1.82) is 5.26 Å². The van der Waals surface area contributed by atoms with Gasteiger partial charge in [0.25, 0.3) is 5.91 Å². The number of thioether (sulfide) groups is 1. The molecule has 4 heterocycles. The van der Waals surface area contributed by atoms with Crippen LogP contribution >= 0.6 is 23.1 Å². The number of hydrogen-bond acceptors (Lipinski definition) is 9. The van der Waals surface area contributed by atoms with E-state index in [0.29, 0.717) is 24.5 Å². The number of carbonyl (C=O) groups is 1. The highest BCUT2D eigenvalue weighted by molar-refractivity contribution is 7.98. The van der Waals surface area contributed by atoms with Crippen molar-refractivity contribution in [1.82, 2.24) is 34.6 Å². The Morgan fingerprint density at radius 2 is 1.90 bits per heavy atom. The largest absolute Gasteiger partial charge is 0.332 e. The van der Waals surface area contributed by atoms with Crippen LogP contribution in [0.3, 0.4) is 0 Å². The van der Waals surface area contributed by atoms with E-state index < -0.39 is 0 Å². The highest BCUT2D eigenvalue weighted by atomic mass is 32.2. The fraction of sp³-hybridized carbons (Fsp3) is 0.179. The minimum absolute atomic E-state index is 0.204. The molecule has 0 atom stereocenters. The van der Waals surface area contributed by atoms with Crippen LogP contribution in [0.1, 0.15) is 33.0 Å². The summed E-state index contributed by atoms with van der Waals surface area (Å²) in [5.41, 5.74) is 4.31. The third kappa shape index (κ3) is 6.37. The van der Waals surface area contributed by atoms with Crippen molar-refractivity contribution in [3.63, 3.8) is 0 Å². The first-order chi connectivity index (χ1) is 19.1. The molecule has 0 saturated carbocycles. The molecule has 0 unspecified atom stereocenters. The van der Waals surface area contributed by atoms with Crippen LogP contribution in [0.2, 0.25) is 0 Å². The Morgan fingerprint density at radius 3 is 2.64 bits per heavy atom. The van der Waals surface area contributed by atoms with Crippen LogP contribution in [-0.2, 0) is 12.3 Å². The first-order valence-corrected chi connectivity index (χ1v) is 14.0. The number of pyridine rings is 2. The van der Waals surface area contributed by atoms with Crippen LogP contribution in [0.5, 0.6) is 0 Å². The third-order valence-electron chi connectivity index (χ3n) is 5.84. The van der Waals surface area contributed by atoms with E-state index in [2.05, 4.69) is 50.3 Å². The van der Waals surface area contributed by atoms with Crippen molar-refractivity contribution in [3.05, 3.63) is 101 Å². The number of nitrogens with zero attached hydrogens (tertiary/aromatic N) is 8. The number of rotatable bonds is 10. The van der Waals surface area contributed by atoms with Gasteiger partial charge in [-0.1, -0.05) is 35.5 Å². The molecule has 0 fully saturated rings. The zero-order chi connectivity index (χ0) is 27.0. The zero-order valence-corrected chi connectivity index (χ0v) is 22.8. The topological polar surface area (TPSA) is 113 Å². The van der Waals surface area contributed by atoms with Gasteiger partial charge in [-0.15, -0.1) is 21.5 Å². The van der Waals surface area contributed by atoms with Gasteiger partial charge in [0.2, 0.25) is 0 Å². The van der Waals surface area contributed by atoms with Crippen LogP contribution in [-0.4, -0.2) is 47.1 Å². The van der Waals surface area contributed by atoms with E-state index in [-0.39, 0.29) is 12.3 Å². The molecule has 1 amide bonds. The maximum atomic E-state index is 13.3. The van der Waals surface area contributed by atoms with E-state index in [1.54, 1.807) is 35.1 Å². The smallest absolute Gasteiger partial charge is 0.273 e. The van der Waals surface area contributed by atoms with Gasteiger partial charge in [-0.3, -0.25) is 19.3 Å². The molecule has 0 bridgehead atoms. The first kappa shape index (κ1) is 26.2. The Hall–Kier alpha value is -4.40. The fourth-order valence-corrected chi connectivity index (χ4v) is 5.63. The summed E-state index contributed by atoms with van der Waals surface area (Å²) in [6, 6.07) is 17.9. The number of benzene rings is 1. The van der Waals surface area contributed by atoms with Crippen molar-refractivity contribution >= 4 is 29.0 Å². The molecule has 5 aromatic rings. The number of thiazole rings is 1. The van der Waals surface area contributed by atoms with Gasteiger partial charge in [0.15, 0.2) is 11.0 Å². The molecule has 5 rings (SSSR count). The highest BCUT2D eigenvalue weighted by Gasteiger charge is 2.21. The van der Waals surface area contributed by atoms with Crippen molar-refractivity contribution in [3.8, 4) is 23.1 Å². The summed E-state index contributed by atoms with van der Waals surface area (Å²) >= 11 is 2.94. The summed E-state index contributed by atoms with van der Waals surface area (Å²) in [7, 11) is 0. The molecule has 0 aliphatic rings. The van der Waals surface area contributed by atoms with Crippen molar-refractivity contribution in [2.24, 2.45) is 0 Å². The lowest BCUT2D eigenvalue weighted by atomic mass is 10.2. The van der Waals surface area contributed by atoms with Crippen molar-refractivity contribution in [2.75, 3.05) is 6.54 Å². The Labute approximate surface area is 234 Å². The van der Waals surface area contributed by atoms with Gasteiger partial charge in [0.1, 0.15) is 10.7 Å². The maximum absolute atomic E-state index is 13.3. The highest BCUT2D eigenvalue weighted by Crippen LogP contribution is 2.30. The summed E-state index contributed by atoms with van der Waals surface area (Å²) in [4.78, 5) is 27.8. The number of carbonyl (C=O) groups excluding carboxylic acids is 1. The number of aromatic nitrogens is 6. The predicted molar refractivity (Wildman–Crippen MR) is 150 cm³/mol. The molecular weight excluding hydrogens is 528 g/mol. The first-order valence-electron chi connectivity index (χ1n) is 12.2. The lowest BCUT2D eigenvalue weighted by Gasteiger charge is -2.20. The lowest BCUT2D eigenvalue weighted by Crippen LogP contribution is -2.31. The number of amides is 1. The molecule has 0 radical (unpaired) electrons. The molecule has 194 valence electrons. The molecule has 39 heavy (non-hydrogen) atoms. The molecule has 0 N–H and O–H groups in total. The molecule has 0 aliphatic carbocycles. The van der Waals surface area contributed by atoms with E-state index in [4.69, 9.17) is 5.26 Å². The van der Waals surface area contributed by atoms with E-state index in [1.807, 2.05) is 41.0 Å². The van der Waals surface area contributed by atoms with Crippen molar-refractivity contribution in [2.45, 2.75) is 30.8 Å². The normalized spacial score (nSPS) is 10.8. The average molecular weight is 553 g/mol. The van der Waals surface area contributed by atoms with E-state index in [1.165, 1.54) is 28.7 Å². The summed E-state index contributed by atoms with van der Waals surface area (Å²) in [6.07, 6.45) is 7.12. The average Bonchev–Trinajstić information content (AvgIpc) is 3.63. The maximum Gasteiger partial charge on any atom is 0.273 e. The van der Waals surface area contributed by atoms with Gasteiger partial charge in [0.05, 0.1) is 18.2 Å². The molecule has 0 aliphatic heterocycles. The summed E-state index contributed by atoms with van der Waals surface area (Å²) in [5.74, 6) is 1.05. The van der Waals surface area contributed by atoms with E-state index in [0.717, 1.165) is 32.8 Å². The van der Waals surface area contributed by atoms with E-state index >= 15 is 0 Å². The fourth-order valence-electron chi connectivity index (χ4n) is 3.89. The van der Waals surface area contributed by atoms with Gasteiger partial charge in [-0.2, -0.15) is 5.26 Å². The molecule has 9 nitrogen and oxygen atoms in total. The van der Waals surface area contributed by atoms with Crippen molar-refractivity contribution < 1.29 is 4.79 Å². The Morgan fingerprint density at radius 1 is 1.08 bits per heavy atom. The monoisotopic (exact) mass is 552 g/mol. The molecule has 0 spiro atoms. The van der Waals surface area contributed by atoms with E-state index in [9.17, 15) is 4.79 Å². The van der Waals surface area contributed by atoms with Gasteiger partial charge >= 0.3 is 0 Å². The summed E-state index contributed by atoms with van der Waals surface area (Å²) in [5, 5.41) is 21.3. The third-order valence-corrected chi connectivity index (χ3v) is 7.81. The SMILES string of the molecule is Cc1ccc(-n2c(SCc3nc(C(=O)N(CCC#N)Cc4cccnc4)cs3)nnc2-c2ccncc2)cc1. The summed E-state index contributed by atoms with van der Waals surface area (Å²) < 4.78 is 2.02. The molecule has 4 aromatic heterocycles. The lowest BCUT2D eigenvalue weighted by molar-refractivity contribution is 0.0741. The van der Waals surface area contributed by atoms with Crippen LogP contribution in [0.15, 0.2) is 83.9 Å². The zero-order valence-electron chi connectivity index (χ0n) is 21.1. The standard InChI is InChI=1S/C28H24N8OS2/c1-20-5-7-23(8-6-20)36-26(22-9-13-30-14-10-22)33-34-28(36)39-19-25-32-24(18-38-25)27(37)35(15-3-11-29)17-21-4-2-12-31-16-21/h2,4-10,12-14,16,18H,3,15,17,19H2,1H3. The van der Waals surface area contributed by atoms with Gasteiger partial charge < -0.3 is 4.90 Å². The van der Waals surface area contributed by atoms with Crippen LogP contribution in [0, 0.1) is 18.3 Å². The second kappa shape index (κ2) is 12.4. The van der Waals surface area contributed by atoms with Gasteiger partial charge in [-0.25, -0.2) is 4.98 Å². The van der Waals surface area contributed by atoms with Crippen LogP contribution in [0.25, 0.3) is 17.1 Å². The molecular formula is C28H24N8OS2. The Kier molecular flexibility index (Phi) is 8.36. The molecule has 11 heteroatoms. The number of hydrogen-bond donors (Lipinski definition) is 0. The Bertz CT molecular complexity index is 1580. The van der Waals surface area contributed by atoms with Crippen LogP contribution in [0.4, 0.5) is 0 Å². The number of aryl methyl sites for hydroxylation is 1. The minimum Gasteiger partial charge on any atom is -0.332 e. The minimum atomic E-state index is -0.204. The molecule has 1 aromatic carbocycles. The second-order valence-electron chi connectivity index (χ2n) is 8.62. The predicted octanol–water partition coefficient (Wildman–Crippen LogP) is 5.34. The number of nitriles is 1.